The van der Waals surface area contributed by atoms with Crippen molar-refractivity contribution in [3.05, 3.63) is 53.9 Å². The average molecular weight is 425 g/mol. The minimum absolute atomic E-state index is 0.0651. The topological polar surface area (TPSA) is 106 Å². The normalized spacial score (nSPS) is 16.8. The standard InChI is InChI=1S/C17H16N2O5S3/c1-11(20)25-10-15(21)12-2-4-13(5-3-12)19-27(22,23)17-7-6-16(26-17)14-8-9-24-18-14/h2-6,8-9,17,19H,7,10H2,1H3. The Hall–Kier alpha value is -2.04. The Labute approximate surface area is 165 Å². The van der Waals surface area contributed by atoms with Crippen molar-refractivity contribution in [3.8, 4) is 0 Å². The molecule has 1 N–H and O–H groups in total. The molecule has 1 atom stereocenters. The lowest BCUT2D eigenvalue weighted by atomic mass is 10.1. The van der Waals surface area contributed by atoms with Crippen LogP contribution in [0.5, 0.6) is 0 Å². The van der Waals surface area contributed by atoms with Crippen molar-refractivity contribution in [2.45, 2.75) is 17.9 Å². The molecule has 0 spiro atoms. The molecule has 0 fully saturated rings. The van der Waals surface area contributed by atoms with E-state index in [9.17, 15) is 18.0 Å². The summed E-state index contributed by atoms with van der Waals surface area (Å²) in [6.45, 7) is 1.40. The van der Waals surface area contributed by atoms with Gasteiger partial charge in [0, 0.05) is 29.1 Å². The molecule has 27 heavy (non-hydrogen) atoms. The number of carbonyl (C=O) groups is 2. The molecule has 3 rings (SSSR count). The fourth-order valence-corrected chi connectivity index (χ4v) is 5.64. The molecule has 1 unspecified atom stereocenters. The Balaban J connectivity index is 1.61. The number of nitrogens with zero attached hydrogens (tertiary/aromatic N) is 1. The molecule has 1 aliphatic heterocycles. The summed E-state index contributed by atoms with van der Waals surface area (Å²) in [5.74, 6) is -0.118. The van der Waals surface area contributed by atoms with Gasteiger partial charge in [0.05, 0.1) is 5.75 Å². The summed E-state index contributed by atoms with van der Waals surface area (Å²) in [7, 11) is -3.62. The molecule has 7 nitrogen and oxygen atoms in total. The Kier molecular flexibility index (Phi) is 6.08. The van der Waals surface area contributed by atoms with Crippen LogP contribution in [0.2, 0.25) is 0 Å². The molecule has 1 aromatic heterocycles. The van der Waals surface area contributed by atoms with Crippen LogP contribution >= 0.6 is 23.5 Å². The largest absolute Gasteiger partial charge is 0.364 e. The maximum Gasteiger partial charge on any atom is 0.245 e. The molecular weight excluding hydrogens is 408 g/mol. The van der Waals surface area contributed by atoms with Crippen molar-refractivity contribution >= 4 is 55.0 Å². The quantitative estimate of drug-likeness (QED) is 0.674. The summed E-state index contributed by atoms with van der Waals surface area (Å²) < 4.78 is 31.9. The van der Waals surface area contributed by atoms with Gasteiger partial charge < -0.3 is 4.52 Å². The van der Waals surface area contributed by atoms with Crippen LogP contribution in [-0.2, 0) is 14.8 Å². The van der Waals surface area contributed by atoms with E-state index in [0.717, 1.165) is 16.7 Å². The number of hydrogen-bond acceptors (Lipinski definition) is 8. The number of allylic oxidation sites excluding steroid dienone is 1. The highest BCUT2D eigenvalue weighted by molar-refractivity contribution is 8.19. The SMILES string of the molecule is CC(=O)SCC(=O)c1ccc(NS(=O)(=O)C2CC=C(c3ccon3)S2)cc1. The Morgan fingerprint density at radius 2 is 2.04 bits per heavy atom. The molecule has 2 aromatic rings. The van der Waals surface area contributed by atoms with Crippen molar-refractivity contribution in [2.75, 3.05) is 10.5 Å². The number of nitrogens with one attached hydrogen (secondary N) is 1. The lowest BCUT2D eigenvalue weighted by Crippen LogP contribution is -2.23. The van der Waals surface area contributed by atoms with Gasteiger partial charge in [-0.2, -0.15) is 0 Å². The van der Waals surface area contributed by atoms with Crippen LogP contribution in [0.1, 0.15) is 29.4 Å². The van der Waals surface area contributed by atoms with E-state index in [-0.39, 0.29) is 16.7 Å². The number of thioether (sulfide) groups is 2. The predicted octanol–water partition coefficient (Wildman–Crippen LogP) is 3.38. The second-order valence-electron chi connectivity index (χ2n) is 5.66. The van der Waals surface area contributed by atoms with Crippen LogP contribution < -0.4 is 4.72 Å². The molecule has 0 saturated carbocycles. The lowest BCUT2D eigenvalue weighted by Gasteiger charge is -2.13. The van der Waals surface area contributed by atoms with E-state index in [4.69, 9.17) is 4.52 Å². The summed E-state index contributed by atoms with van der Waals surface area (Å²) in [5, 5.41) is 3.69. The van der Waals surface area contributed by atoms with Crippen LogP contribution in [0.15, 0.2) is 47.2 Å². The third-order valence-electron chi connectivity index (χ3n) is 3.66. The minimum atomic E-state index is -3.62. The van der Waals surface area contributed by atoms with E-state index < -0.39 is 14.6 Å². The zero-order valence-electron chi connectivity index (χ0n) is 14.2. The molecule has 1 aromatic carbocycles. The molecule has 1 aliphatic rings. The van der Waals surface area contributed by atoms with Gasteiger partial charge in [-0.1, -0.05) is 23.0 Å². The first kappa shape index (κ1) is 19.7. The fraction of sp³-hybridized carbons (Fsp3) is 0.235. The Morgan fingerprint density at radius 3 is 2.67 bits per heavy atom. The van der Waals surface area contributed by atoms with Crippen LogP contribution in [-0.4, -0.2) is 34.8 Å². The molecule has 0 amide bonds. The minimum Gasteiger partial charge on any atom is -0.364 e. The van der Waals surface area contributed by atoms with Gasteiger partial charge in [0.2, 0.25) is 10.0 Å². The number of sulfonamides is 1. The van der Waals surface area contributed by atoms with Crippen molar-refractivity contribution in [3.63, 3.8) is 0 Å². The number of benzene rings is 1. The van der Waals surface area contributed by atoms with Gasteiger partial charge in [0.15, 0.2) is 10.9 Å². The average Bonchev–Trinajstić information content (AvgIpc) is 3.31. The van der Waals surface area contributed by atoms with Crippen LogP contribution in [0.25, 0.3) is 4.91 Å². The van der Waals surface area contributed by atoms with E-state index >= 15 is 0 Å². The number of ketones is 1. The van der Waals surface area contributed by atoms with Gasteiger partial charge >= 0.3 is 0 Å². The van der Waals surface area contributed by atoms with Crippen LogP contribution in [0.4, 0.5) is 5.69 Å². The highest BCUT2D eigenvalue weighted by Gasteiger charge is 2.31. The Morgan fingerprint density at radius 1 is 1.30 bits per heavy atom. The zero-order valence-corrected chi connectivity index (χ0v) is 16.7. The van der Waals surface area contributed by atoms with E-state index in [0.29, 0.717) is 23.4 Å². The molecule has 0 saturated heterocycles. The smallest absolute Gasteiger partial charge is 0.245 e. The monoisotopic (exact) mass is 424 g/mol. The molecule has 2 heterocycles. The molecule has 0 aliphatic carbocycles. The number of carbonyl (C=O) groups excluding carboxylic acids is 2. The van der Waals surface area contributed by atoms with Gasteiger partial charge in [-0.05, 0) is 30.7 Å². The van der Waals surface area contributed by atoms with E-state index in [1.54, 1.807) is 18.2 Å². The maximum atomic E-state index is 12.6. The third kappa shape index (κ3) is 5.02. The molecule has 142 valence electrons. The molecule has 0 radical (unpaired) electrons. The first-order chi connectivity index (χ1) is 12.8. The fourth-order valence-electron chi connectivity index (χ4n) is 2.34. The summed E-state index contributed by atoms with van der Waals surface area (Å²) in [6, 6.07) is 7.84. The Bertz CT molecular complexity index is 967. The summed E-state index contributed by atoms with van der Waals surface area (Å²) in [4.78, 5) is 23.7. The van der Waals surface area contributed by atoms with Crippen molar-refractivity contribution in [1.29, 1.82) is 0 Å². The number of aromatic nitrogens is 1. The third-order valence-corrected chi connectivity index (χ3v) is 8.02. The number of anilines is 1. The van der Waals surface area contributed by atoms with E-state index in [1.807, 2.05) is 6.08 Å². The van der Waals surface area contributed by atoms with Crippen molar-refractivity contribution < 1.29 is 22.5 Å². The first-order valence-corrected chi connectivity index (χ1v) is 11.3. The van der Waals surface area contributed by atoms with Gasteiger partial charge in [-0.25, -0.2) is 8.42 Å². The number of hydrogen-bond donors (Lipinski definition) is 1. The van der Waals surface area contributed by atoms with Crippen LogP contribution in [0.3, 0.4) is 0 Å². The number of rotatable bonds is 7. The predicted molar refractivity (Wildman–Crippen MR) is 107 cm³/mol. The molecule has 0 bridgehead atoms. The highest BCUT2D eigenvalue weighted by atomic mass is 32.3. The maximum absolute atomic E-state index is 12.6. The second-order valence-corrected chi connectivity index (χ2v) is 10.2. The second kappa shape index (κ2) is 8.32. The van der Waals surface area contributed by atoms with E-state index in [1.165, 1.54) is 37.1 Å². The van der Waals surface area contributed by atoms with Gasteiger partial charge in [-0.15, -0.1) is 11.8 Å². The van der Waals surface area contributed by atoms with Gasteiger partial charge in [0.25, 0.3) is 0 Å². The van der Waals surface area contributed by atoms with Crippen molar-refractivity contribution in [1.82, 2.24) is 5.16 Å². The summed E-state index contributed by atoms with van der Waals surface area (Å²) >= 11 is 2.16. The molecular formula is C17H16N2O5S3. The van der Waals surface area contributed by atoms with Crippen molar-refractivity contribution in [2.24, 2.45) is 0 Å². The molecule has 10 heteroatoms. The van der Waals surface area contributed by atoms with Gasteiger partial charge in [0.1, 0.15) is 16.5 Å². The zero-order chi connectivity index (χ0) is 19.4. The van der Waals surface area contributed by atoms with Crippen LogP contribution in [0, 0.1) is 0 Å². The number of Topliss-reactive ketones (excluding diaryl/α,β-unsaturated/α-hetero) is 1. The lowest BCUT2D eigenvalue weighted by molar-refractivity contribution is -0.109. The first-order valence-electron chi connectivity index (χ1n) is 7.91. The van der Waals surface area contributed by atoms with E-state index in [2.05, 4.69) is 9.88 Å². The summed E-state index contributed by atoms with van der Waals surface area (Å²) in [5.41, 5.74) is 1.42. The highest BCUT2D eigenvalue weighted by Crippen LogP contribution is 2.41. The summed E-state index contributed by atoms with van der Waals surface area (Å²) in [6.07, 6.45) is 3.62. The van der Waals surface area contributed by atoms with Gasteiger partial charge in [-0.3, -0.25) is 14.3 Å².